The molecule has 2 aliphatic rings. The predicted octanol–water partition coefficient (Wildman–Crippen LogP) is 5.34. The first kappa shape index (κ1) is 30.8. The molecule has 0 spiro atoms. The highest BCUT2D eigenvalue weighted by atomic mass is 32.2. The second kappa shape index (κ2) is 12.6. The van der Waals surface area contributed by atoms with Crippen LogP contribution in [-0.2, 0) is 33.2 Å². The Morgan fingerprint density at radius 3 is 2.27 bits per heavy atom. The zero-order valence-corrected chi connectivity index (χ0v) is 26.0. The molecule has 2 heterocycles. The lowest BCUT2D eigenvalue weighted by atomic mass is 9.90. The number of aromatic nitrogens is 1. The highest BCUT2D eigenvalue weighted by Crippen LogP contribution is 2.42. The minimum Gasteiger partial charge on any atom is -0.438 e. The van der Waals surface area contributed by atoms with Crippen LogP contribution in [0.15, 0.2) is 95.2 Å². The third kappa shape index (κ3) is 7.36. The van der Waals surface area contributed by atoms with Crippen molar-refractivity contribution in [2.75, 3.05) is 23.0 Å². The van der Waals surface area contributed by atoms with Gasteiger partial charge >= 0.3 is 5.89 Å². The molecule has 1 atom stereocenters. The third-order valence-corrected chi connectivity index (χ3v) is 9.47. The average molecular weight is 650 g/mol. The molecular formula is C33H33N2O8S2+. The number of nitrogens with zero attached hydrogens (tertiary/aromatic N) is 2. The maximum absolute atomic E-state index is 11.5. The van der Waals surface area contributed by atoms with Crippen molar-refractivity contribution in [2.45, 2.75) is 31.7 Å². The molecule has 1 aliphatic carbocycles. The quantitative estimate of drug-likeness (QED) is 0.163. The molecule has 0 fully saturated rings. The molecule has 0 saturated heterocycles. The lowest BCUT2D eigenvalue weighted by Gasteiger charge is -2.18. The number of allylic oxidation sites excluding steroid dienone is 1. The van der Waals surface area contributed by atoms with E-state index >= 15 is 0 Å². The second-order valence-corrected chi connectivity index (χ2v) is 14.2. The van der Waals surface area contributed by atoms with Gasteiger partial charge in [0, 0.05) is 25.3 Å². The topological polar surface area (TPSA) is 138 Å². The van der Waals surface area contributed by atoms with Gasteiger partial charge in [-0.05, 0) is 41.3 Å². The lowest BCUT2D eigenvalue weighted by molar-refractivity contribution is -0.708. The third-order valence-electron chi connectivity index (χ3n) is 7.86. The fourth-order valence-corrected chi connectivity index (χ4v) is 6.75. The summed E-state index contributed by atoms with van der Waals surface area (Å²) in [7, 11) is -8.32. The van der Waals surface area contributed by atoms with Crippen molar-refractivity contribution < 1.29 is 39.7 Å². The monoisotopic (exact) mass is 649 g/mol. The molecule has 10 nitrogen and oxygen atoms in total. The van der Waals surface area contributed by atoms with Crippen molar-refractivity contribution in [2.24, 2.45) is 0 Å². The van der Waals surface area contributed by atoms with Crippen LogP contribution in [-0.4, -0.2) is 44.0 Å². The maximum Gasteiger partial charge on any atom is 0.379 e. The molecule has 1 aromatic heterocycles. The van der Waals surface area contributed by atoms with Crippen LogP contribution in [0.5, 0.6) is 5.75 Å². The number of oxazole rings is 1. The van der Waals surface area contributed by atoms with Gasteiger partial charge in [0.15, 0.2) is 18.1 Å². The number of hydrogen-bond acceptors (Lipinski definition) is 7. The summed E-state index contributed by atoms with van der Waals surface area (Å²) in [6.45, 7) is 0.497. The van der Waals surface area contributed by atoms with Gasteiger partial charge < -0.3 is 14.1 Å². The minimum atomic E-state index is -4.17. The minimum absolute atomic E-state index is 0.0879. The maximum atomic E-state index is 11.5. The highest BCUT2D eigenvalue weighted by Gasteiger charge is 2.34. The summed E-state index contributed by atoms with van der Waals surface area (Å²) >= 11 is 0. The largest absolute Gasteiger partial charge is 0.438 e. The van der Waals surface area contributed by atoms with Crippen LogP contribution < -0.4 is 14.2 Å². The van der Waals surface area contributed by atoms with E-state index < -0.39 is 31.7 Å². The van der Waals surface area contributed by atoms with E-state index in [1.54, 1.807) is 6.08 Å². The molecule has 45 heavy (non-hydrogen) atoms. The van der Waals surface area contributed by atoms with Crippen LogP contribution >= 0.6 is 0 Å². The molecule has 0 bridgehead atoms. The molecule has 0 radical (unpaired) electrons. The van der Waals surface area contributed by atoms with E-state index in [-0.39, 0.29) is 31.8 Å². The van der Waals surface area contributed by atoms with Crippen molar-refractivity contribution in [3.63, 3.8) is 0 Å². The summed E-state index contributed by atoms with van der Waals surface area (Å²) in [4.78, 5) is 1.85. The molecular weight excluding hydrogens is 617 g/mol. The number of anilines is 1. The van der Waals surface area contributed by atoms with Crippen LogP contribution in [0.2, 0.25) is 0 Å². The molecule has 0 saturated carbocycles. The summed E-state index contributed by atoms with van der Waals surface area (Å²) in [5, 5.41) is 0. The Hall–Kier alpha value is -4.23. The number of fused-ring (bicyclic) bond motifs is 2. The van der Waals surface area contributed by atoms with E-state index in [0.717, 1.165) is 28.1 Å². The second-order valence-electron chi connectivity index (χ2n) is 11.0. The zero-order chi connectivity index (χ0) is 31.6. The van der Waals surface area contributed by atoms with Gasteiger partial charge in [-0.2, -0.15) is 21.4 Å². The molecule has 234 valence electrons. The van der Waals surface area contributed by atoms with Gasteiger partial charge in [-0.25, -0.2) is 0 Å². The van der Waals surface area contributed by atoms with E-state index in [9.17, 15) is 25.9 Å². The van der Waals surface area contributed by atoms with Gasteiger partial charge in [-0.1, -0.05) is 72.8 Å². The van der Waals surface area contributed by atoms with E-state index in [0.29, 0.717) is 29.7 Å². The molecule has 6 rings (SSSR count). The average Bonchev–Trinajstić information content (AvgIpc) is 3.53. The molecule has 0 amide bonds. The smallest absolute Gasteiger partial charge is 0.379 e. The van der Waals surface area contributed by atoms with E-state index in [1.807, 2.05) is 82.3 Å². The number of rotatable bonds is 11. The first-order valence-electron chi connectivity index (χ1n) is 14.6. The fourth-order valence-electron chi connectivity index (χ4n) is 5.76. The van der Waals surface area contributed by atoms with Crippen molar-refractivity contribution in [1.82, 2.24) is 0 Å². The van der Waals surface area contributed by atoms with Crippen LogP contribution in [0.1, 0.15) is 41.7 Å². The van der Waals surface area contributed by atoms with Gasteiger partial charge in [0.05, 0.1) is 17.2 Å². The standard InChI is InChI=1S/C33H32N2O8S2/c36-44(37,38)19-7-17-34-28-21-26(24-9-3-1-4-10-24)13-15-30(28)42-32(34)23-33-35(18-8-20-45(39,40)41)29-22-27(14-16-31(29)43-33)25-11-5-2-6-12-25/h1-6,9-16,21,23,27H,7-8,17-20,22H2,(H-,36,37,38,39,40,41)/p+1. The lowest BCUT2D eigenvalue weighted by Crippen LogP contribution is -2.41. The number of ether oxygens (including phenoxy) is 1. The number of hydrogen-bond donors (Lipinski definition) is 2. The first-order chi connectivity index (χ1) is 21.5. The summed E-state index contributed by atoms with van der Waals surface area (Å²) in [6, 6.07) is 25.7. The Balaban J connectivity index is 1.38. The van der Waals surface area contributed by atoms with Crippen molar-refractivity contribution >= 4 is 38.1 Å². The molecule has 3 aromatic carbocycles. The Labute approximate surface area is 262 Å². The van der Waals surface area contributed by atoms with Crippen molar-refractivity contribution in [3.8, 4) is 16.9 Å². The summed E-state index contributed by atoms with van der Waals surface area (Å²) in [5.41, 5.74) is 4.71. The van der Waals surface area contributed by atoms with E-state index in [1.165, 1.54) is 0 Å². The Bertz CT molecular complexity index is 1970. The summed E-state index contributed by atoms with van der Waals surface area (Å²) in [6.07, 6.45) is 6.62. The summed E-state index contributed by atoms with van der Waals surface area (Å²) < 4.78 is 79.4. The van der Waals surface area contributed by atoms with Gasteiger partial charge in [0.2, 0.25) is 11.6 Å². The molecule has 1 aliphatic heterocycles. The van der Waals surface area contributed by atoms with Gasteiger partial charge in [0.25, 0.3) is 20.2 Å². The zero-order valence-electron chi connectivity index (χ0n) is 24.3. The van der Waals surface area contributed by atoms with Gasteiger partial charge in [-0.3, -0.25) is 9.11 Å². The van der Waals surface area contributed by atoms with Crippen molar-refractivity contribution in [1.29, 1.82) is 0 Å². The molecule has 4 aromatic rings. The van der Waals surface area contributed by atoms with Crippen LogP contribution in [0.4, 0.5) is 5.69 Å². The van der Waals surface area contributed by atoms with Gasteiger partial charge in [-0.15, -0.1) is 0 Å². The predicted molar refractivity (Wildman–Crippen MR) is 171 cm³/mol. The normalized spacial score (nSPS) is 16.9. The van der Waals surface area contributed by atoms with Gasteiger partial charge in [0.1, 0.15) is 6.08 Å². The van der Waals surface area contributed by atoms with Crippen LogP contribution in [0.3, 0.4) is 0 Å². The fraction of sp³-hybridized carbons (Fsp3) is 0.242. The van der Waals surface area contributed by atoms with E-state index in [4.69, 9.17) is 9.15 Å². The first-order valence-corrected chi connectivity index (χ1v) is 17.8. The Morgan fingerprint density at radius 2 is 1.56 bits per heavy atom. The summed E-state index contributed by atoms with van der Waals surface area (Å²) in [5.74, 6) is 1.29. The SMILES string of the molecule is O=S(=O)(O)CCCN1C(=Cc2oc3c([n+]2CCCS(=O)(=O)O)CC(c2ccccc2)C=C3)Oc2ccc(-c3ccccc3)cc21. The number of benzene rings is 3. The Morgan fingerprint density at radius 1 is 0.867 bits per heavy atom. The molecule has 2 N–H and O–H groups in total. The molecule has 12 heteroatoms. The van der Waals surface area contributed by atoms with Crippen molar-refractivity contribution in [3.05, 3.63) is 114 Å². The van der Waals surface area contributed by atoms with E-state index in [2.05, 4.69) is 18.2 Å². The molecule has 1 unspecified atom stereocenters. The van der Waals surface area contributed by atoms with Crippen LogP contribution in [0.25, 0.3) is 23.3 Å². The Kier molecular flexibility index (Phi) is 8.65. The van der Waals surface area contributed by atoms with Crippen LogP contribution in [0, 0.1) is 0 Å². The highest BCUT2D eigenvalue weighted by molar-refractivity contribution is 7.86.